The van der Waals surface area contributed by atoms with Crippen LogP contribution in [0, 0.1) is 5.92 Å². The Hall–Kier alpha value is -1.27. The van der Waals surface area contributed by atoms with Crippen molar-refractivity contribution >= 4 is 11.3 Å². The van der Waals surface area contributed by atoms with E-state index in [1.54, 1.807) is 11.3 Å². The summed E-state index contributed by atoms with van der Waals surface area (Å²) in [5, 5.41) is 14.6. The zero-order valence-corrected chi connectivity index (χ0v) is 18.9. The normalized spacial score (nSPS) is 23.4. The first-order valence-electron chi connectivity index (χ1n) is 11.9. The Morgan fingerprint density at radius 1 is 1.00 bits per heavy atom. The fourth-order valence-corrected chi connectivity index (χ4v) is 6.50. The lowest BCUT2D eigenvalue weighted by Gasteiger charge is -2.39. The van der Waals surface area contributed by atoms with Crippen LogP contribution in [0.1, 0.15) is 66.8 Å². The number of aliphatic hydroxyl groups is 1. The van der Waals surface area contributed by atoms with Crippen LogP contribution >= 0.6 is 11.3 Å². The van der Waals surface area contributed by atoms with Crippen LogP contribution in [0.5, 0.6) is 0 Å². The molecule has 0 unspecified atom stereocenters. The minimum absolute atomic E-state index is 0.730. The summed E-state index contributed by atoms with van der Waals surface area (Å²) in [4.78, 5) is 9.98. The minimum atomic E-state index is -0.730. The van der Waals surface area contributed by atoms with Crippen molar-refractivity contribution in [3.63, 3.8) is 0 Å². The fourth-order valence-electron chi connectivity index (χ4n) is 5.57. The number of nitrogens with zero attached hydrogens (tertiary/aromatic N) is 3. The lowest BCUT2D eigenvalue weighted by atomic mass is 9.86. The van der Waals surface area contributed by atoms with Gasteiger partial charge >= 0.3 is 0 Å². The molecule has 2 aromatic rings. The summed E-state index contributed by atoms with van der Waals surface area (Å²) in [6.07, 6.45) is 9.80. The molecule has 1 aromatic heterocycles. The lowest BCUT2D eigenvalue weighted by Crippen LogP contribution is -2.44. The zero-order valence-electron chi connectivity index (χ0n) is 18.1. The Bertz CT molecular complexity index is 836. The van der Waals surface area contributed by atoms with Crippen LogP contribution in [-0.4, -0.2) is 46.1 Å². The predicted molar refractivity (Wildman–Crippen MR) is 123 cm³/mol. The van der Waals surface area contributed by atoms with Gasteiger partial charge in [-0.1, -0.05) is 43.5 Å². The molecule has 3 aliphatic rings. The van der Waals surface area contributed by atoms with E-state index in [2.05, 4.69) is 39.4 Å². The summed E-state index contributed by atoms with van der Waals surface area (Å²) in [7, 11) is 0. The molecular formula is C25H35N3OS. The molecule has 1 aliphatic carbocycles. The van der Waals surface area contributed by atoms with Gasteiger partial charge in [0, 0.05) is 38.1 Å². The second-order valence-corrected chi connectivity index (χ2v) is 10.6. The van der Waals surface area contributed by atoms with Crippen LogP contribution in [0.3, 0.4) is 0 Å². The predicted octanol–water partition coefficient (Wildman–Crippen LogP) is 4.57. The molecule has 162 valence electrons. The minimum Gasteiger partial charge on any atom is -0.383 e. The highest BCUT2D eigenvalue weighted by Crippen LogP contribution is 2.35. The van der Waals surface area contributed by atoms with Crippen LogP contribution in [-0.2, 0) is 25.1 Å². The molecular weight excluding hydrogens is 390 g/mol. The van der Waals surface area contributed by atoms with Gasteiger partial charge in [0.2, 0.25) is 0 Å². The Kier molecular flexibility index (Phi) is 6.24. The highest BCUT2D eigenvalue weighted by molar-refractivity contribution is 7.09. The molecule has 1 saturated heterocycles. The maximum atomic E-state index is 11.3. The van der Waals surface area contributed by atoms with E-state index in [0.29, 0.717) is 0 Å². The highest BCUT2D eigenvalue weighted by Gasteiger charge is 2.36. The molecule has 0 spiro atoms. The van der Waals surface area contributed by atoms with Crippen LogP contribution < -0.4 is 0 Å². The highest BCUT2D eigenvalue weighted by atomic mass is 32.1. The molecule has 0 atom stereocenters. The van der Waals surface area contributed by atoms with Gasteiger partial charge in [0.25, 0.3) is 0 Å². The number of hydrogen-bond donors (Lipinski definition) is 1. The Balaban J connectivity index is 1.15. The average Bonchev–Trinajstić information content (AvgIpc) is 3.26. The van der Waals surface area contributed by atoms with Gasteiger partial charge in [0.1, 0.15) is 10.6 Å². The summed E-state index contributed by atoms with van der Waals surface area (Å²) >= 11 is 1.72. The molecule has 5 rings (SSSR count). The van der Waals surface area contributed by atoms with Crippen molar-refractivity contribution in [2.45, 2.75) is 70.1 Å². The van der Waals surface area contributed by atoms with Crippen LogP contribution in [0.4, 0.5) is 0 Å². The van der Waals surface area contributed by atoms with Gasteiger partial charge in [-0.25, -0.2) is 4.98 Å². The Morgan fingerprint density at radius 3 is 2.57 bits per heavy atom. The number of benzene rings is 1. The number of thiazole rings is 1. The number of piperidine rings is 1. The second-order valence-electron chi connectivity index (χ2n) is 9.69. The van der Waals surface area contributed by atoms with Gasteiger partial charge in [-0.05, 0) is 49.1 Å². The van der Waals surface area contributed by atoms with Gasteiger partial charge in [-0.3, -0.25) is 4.90 Å². The molecule has 0 radical (unpaired) electrons. The molecule has 1 aromatic carbocycles. The van der Waals surface area contributed by atoms with Gasteiger partial charge in [-0.15, -0.1) is 11.3 Å². The van der Waals surface area contributed by atoms with Gasteiger partial charge in [-0.2, -0.15) is 0 Å². The number of fused-ring (bicyclic) bond motifs is 1. The monoisotopic (exact) mass is 425 g/mol. The molecule has 2 aliphatic heterocycles. The van der Waals surface area contributed by atoms with E-state index in [4.69, 9.17) is 4.98 Å². The molecule has 2 fully saturated rings. The third-order valence-electron chi connectivity index (χ3n) is 7.52. The zero-order chi connectivity index (χ0) is 20.4. The second kappa shape index (κ2) is 9.07. The van der Waals surface area contributed by atoms with Crippen LogP contribution in [0.2, 0.25) is 0 Å². The molecule has 0 bridgehead atoms. The van der Waals surface area contributed by atoms with Gasteiger partial charge in [0.15, 0.2) is 0 Å². The number of hydrogen-bond acceptors (Lipinski definition) is 5. The molecule has 3 heterocycles. The van der Waals surface area contributed by atoms with Gasteiger partial charge in [0.05, 0.1) is 12.2 Å². The number of rotatable bonds is 5. The number of likely N-dealkylation sites (tertiary alicyclic amines) is 1. The van der Waals surface area contributed by atoms with E-state index in [1.165, 1.54) is 49.8 Å². The molecule has 4 nitrogen and oxygen atoms in total. The maximum Gasteiger partial charge on any atom is 0.110 e. The topological polar surface area (TPSA) is 39.6 Å². The molecule has 5 heteroatoms. The Labute approximate surface area is 184 Å². The molecule has 1 saturated carbocycles. The van der Waals surface area contributed by atoms with Gasteiger partial charge < -0.3 is 10.0 Å². The van der Waals surface area contributed by atoms with Crippen LogP contribution in [0.15, 0.2) is 29.6 Å². The van der Waals surface area contributed by atoms with E-state index in [1.807, 2.05) is 0 Å². The summed E-state index contributed by atoms with van der Waals surface area (Å²) in [5.74, 6) is 0.880. The van der Waals surface area contributed by atoms with Crippen molar-refractivity contribution < 1.29 is 5.11 Å². The third kappa shape index (κ3) is 4.64. The fraction of sp³-hybridized carbons (Fsp3) is 0.640. The molecule has 1 N–H and O–H groups in total. The van der Waals surface area contributed by atoms with E-state index in [0.717, 1.165) is 68.6 Å². The summed E-state index contributed by atoms with van der Waals surface area (Å²) in [6.45, 7) is 6.22. The summed E-state index contributed by atoms with van der Waals surface area (Å²) < 4.78 is 0. The van der Waals surface area contributed by atoms with Crippen molar-refractivity contribution in [3.8, 4) is 0 Å². The van der Waals surface area contributed by atoms with E-state index in [9.17, 15) is 5.11 Å². The first kappa shape index (κ1) is 20.6. The summed E-state index contributed by atoms with van der Waals surface area (Å²) in [5.41, 5.74) is 3.12. The van der Waals surface area contributed by atoms with Crippen molar-refractivity contribution in [1.82, 2.24) is 14.8 Å². The van der Waals surface area contributed by atoms with Crippen molar-refractivity contribution in [2.75, 3.05) is 26.2 Å². The Morgan fingerprint density at radius 2 is 1.77 bits per heavy atom. The smallest absolute Gasteiger partial charge is 0.110 e. The van der Waals surface area contributed by atoms with Crippen molar-refractivity contribution in [3.05, 3.63) is 51.5 Å². The van der Waals surface area contributed by atoms with Crippen molar-refractivity contribution in [1.29, 1.82) is 0 Å². The molecule has 0 amide bonds. The maximum absolute atomic E-state index is 11.3. The number of aromatic nitrogens is 1. The standard InChI is InChI=1S/C25H35N3OS/c29-25(11-14-27(15-12-25)16-20-6-2-1-3-7-20)23-19-30-24(26-23)18-28-13-10-21-8-4-5-9-22(21)17-28/h4-5,8-9,19-20,29H,1-3,6-7,10-18H2. The quantitative estimate of drug-likeness (QED) is 0.762. The lowest BCUT2D eigenvalue weighted by molar-refractivity contribution is -0.0327. The largest absolute Gasteiger partial charge is 0.383 e. The van der Waals surface area contributed by atoms with Crippen LogP contribution in [0.25, 0.3) is 0 Å². The first-order chi connectivity index (χ1) is 14.7. The summed E-state index contributed by atoms with van der Waals surface area (Å²) in [6, 6.07) is 8.78. The van der Waals surface area contributed by atoms with E-state index in [-0.39, 0.29) is 0 Å². The van der Waals surface area contributed by atoms with Crippen molar-refractivity contribution in [2.24, 2.45) is 5.92 Å². The third-order valence-corrected chi connectivity index (χ3v) is 8.36. The molecule has 30 heavy (non-hydrogen) atoms. The first-order valence-corrected chi connectivity index (χ1v) is 12.7. The SMILES string of the molecule is OC1(c2csc(CN3CCc4ccccc4C3)n2)CCN(CC2CCCCC2)CC1. The average molecular weight is 426 g/mol. The van der Waals surface area contributed by atoms with E-state index < -0.39 is 5.60 Å². The van der Waals surface area contributed by atoms with E-state index >= 15 is 0 Å².